The summed E-state index contributed by atoms with van der Waals surface area (Å²) < 4.78 is 10.4. The van der Waals surface area contributed by atoms with Crippen LogP contribution in [0.1, 0.15) is 12.8 Å². The number of hydrogen-bond acceptors (Lipinski definition) is 4. The highest BCUT2D eigenvalue weighted by molar-refractivity contribution is 5.12. The first kappa shape index (κ1) is 9.15. The zero-order valence-electron chi connectivity index (χ0n) is 7.51. The van der Waals surface area contributed by atoms with Crippen molar-refractivity contribution in [2.24, 2.45) is 0 Å². The third-order valence-corrected chi connectivity index (χ3v) is 2.73. The average molecular weight is 186 g/mol. The predicted octanol–water partition coefficient (Wildman–Crippen LogP) is -0.200. The molecular formula is C9H14O4. The lowest BCUT2D eigenvalue weighted by molar-refractivity contribution is -0.149. The van der Waals surface area contributed by atoms with Crippen molar-refractivity contribution in [2.75, 3.05) is 7.11 Å². The summed E-state index contributed by atoms with van der Waals surface area (Å²) in [6.07, 6.45) is 2.72. The molecule has 0 aromatic carbocycles. The van der Waals surface area contributed by atoms with E-state index >= 15 is 0 Å². The molecule has 2 aliphatic rings. The highest BCUT2D eigenvalue weighted by atomic mass is 16.7. The first-order chi connectivity index (χ1) is 6.15. The maximum Gasteiger partial charge on any atom is 0.160 e. The number of rotatable bonds is 1. The molecular weight excluding hydrogens is 172 g/mol. The van der Waals surface area contributed by atoms with Gasteiger partial charge in [-0.15, -0.1) is 0 Å². The van der Waals surface area contributed by atoms with Crippen molar-refractivity contribution >= 4 is 0 Å². The lowest BCUT2D eigenvalue weighted by Crippen LogP contribution is -2.46. The van der Waals surface area contributed by atoms with Gasteiger partial charge in [-0.1, -0.05) is 12.2 Å². The Morgan fingerprint density at radius 3 is 3.00 bits per heavy atom. The third-order valence-electron chi connectivity index (χ3n) is 2.73. The van der Waals surface area contributed by atoms with Gasteiger partial charge in [-0.2, -0.15) is 0 Å². The fraction of sp³-hybridized carbons (Fsp3) is 0.778. The Bertz CT molecular complexity index is 228. The average Bonchev–Trinajstić information content (AvgIpc) is 2.43. The molecule has 0 aromatic heterocycles. The second-order valence-corrected chi connectivity index (χ2v) is 3.65. The van der Waals surface area contributed by atoms with Crippen LogP contribution >= 0.6 is 0 Å². The summed E-state index contributed by atoms with van der Waals surface area (Å²) in [5, 5.41) is 19.6. The monoisotopic (exact) mass is 186 g/mol. The van der Waals surface area contributed by atoms with E-state index in [0.29, 0.717) is 12.8 Å². The molecule has 4 atom stereocenters. The quantitative estimate of drug-likeness (QED) is 0.557. The van der Waals surface area contributed by atoms with E-state index in [1.807, 2.05) is 0 Å². The summed E-state index contributed by atoms with van der Waals surface area (Å²) in [7, 11) is 1.53. The van der Waals surface area contributed by atoms with Crippen LogP contribution in [0.3, 0.4) is 0 Å². The van der Waals surface area contributed by atoms with Crippen LogP contribution in [0.25, 0.3) is 0 Å². The van der Waals surface area contributed by atoms with Gasteiger partial charge < -0.3 is 19.7 Å². The molecule has 0 spiro atoms. The first-order valence-corrected chi connectivity index (χ1v) is 4.41. The maximum atomic E-state index is 10.1. The Hall–Kier alpha value is -0.420. The van der Waals surface area contributed by atoms with Crippen LogP contribution in [-0.4, -0.2) is 41.4 Å². The minimum atomic E-state index is -0.950. The van der Waals surface area contributed by atoms with E-state index in [0.717, 1.165) is 0 Å². The minimum absolute atomic E-state index is 0.399. The van der Waals surface area contributed by atoms with Crippen LogP contribution in [0.5, 0.6) is 0 Å². The number of aliphatic hydroxyl groups is 2. The Labute approximate surface area is 76.8 Å². The van der Waals surface area contributed by atoms with E-state index in [-0.39, 0.29) is 0 Å². The molecule has 2 N–H and O–H groups in total. The topological polar surface area (TPSA) is 58.9 Å². The van der Waals surface area contributed by atoms with Gasteiger partial charge in [0.1, 0.15) is 17.8 Å². The van der Waals surface area contributed by atoms with Gasteiger partial charge >= 0.3 is 0 Å². The molecule has 1 heterocycles. The van der Waals surface area contributed by atoms with Crippen molar-refractivity contribution in [3.05, 3.63) is 12.2 Å². The second-order valence-electron chi connectivity index (χ2n) is 3.65. The molecule has 74 valence electrons. The molecule has 0 radical (unpaired) electrons. The van der Waals surface area contributed by atoms with Gasteiger partial charge in [0, 0.05) is 13.5 Å². The molecule has 0 aromatic rings. The maximum absolute atomic E-state index is 10.1. The van der Waals surface area contributed by atoms with Gasteiger partial charge in [-0.25, -0.2) is 0 Å². The van der Waals surface area contributed by atoms with Crippen molar-refractivity contribution in [3.8, 4) is 0 Å². The van der Waals surface area contributed by atoms with Crippen molar-refractivity contribution in [3.63, 3.8) is 0 Å². The van der Waals surface area contributed by atoms with Gasteiger partial charge in [-0.3, -0.25) is 0 Å². The molecule has 2 rings (SSSR count). The fourth-order valence-electron chi connectivity index (χ4n) is 1.99. The van der Waals surface area contributed by atoms with Crippen molar-refractivity contribution in [2.45, 2.75) is 36.9 Å². The zero-order valence-corrected chi connectivity index (χ0v) is 7.51. The van der Waals surface area contributed by atoms with Crippen LogP contribution in [0.4, 0.5) is 0 Å². The highest BCUT2D eigenvalue weighted by Crippen LogP contribution is 2.38. The Kier molecular flexibility index (Phi) is 2.15. The van der Waals surface area contributed by atoms with Gasteiger partial charge in [0.2, 0.25) is 0 Å². The van der Waals surface area contributed by atoms with Crippen molar-refractivity contribution in [1.82, 2.24) is 0 Å². The molecule has 1 aliphatic heterocycles. The van der Waals surface area contributed by atoms with Crippen LogP contribution in [-0.2, 0) is 9.47 Å². The summed E-state index contributed by atoms with van der Waals surface area (Å²) in [6, 6.07) is 0. The molecule has 0 bridgehead atoms. The van der Waals surface area contributed by atoms with Gasteiger partial charge in [0.05, 0.1) is 0 Å². The number of fused-ring (bicyclic) bond motifs is 1. The Morgan fingerprint density at radius 1 is 1.62 bits per heavy atom. The van der Waals surface area contributed by atoms with Crippen LogP contribution in [0.2, 0.25) is 0 Å². The number of aliphatic hydroxyl groups excluding tert-OH is 1. The fourth-order valence-corrected chi connectivity index (χ4v) is 1.99. The van der Waals surface area contributed by atoms with Crippen LogP contribution < -0.4 is 0 Å². The smallest absolute Gasteiger partial charge is 0.160 e. The van der Waals surface area contributed by atoms with E-state index in [1.54, 1.807) is 12.2 Å². The SMILES string of the molecule is COC1CC2(O)CC=CC(O)C2O1. The molecule has 0 saturated carbocycles. The molecule has 0 amide bonds. The number of ether oxygens (including phenoxy) is 2. The second kappa shape index (κ2) is 3.06. The van der Waals surface area contributed by atoms with Crippen LogP contribution in [0.15, 0.2) is 12.2 Å². The summed E-state index contributed by atoms with van der Waals surface area (Å²) in [4.78, 5) is 0. The first-order valence-electron chi connectivity index (χ1n) is 4.41. The normalized spacial score (nSPS) is 49.3. The largest absolute Gasteiger partial charge is 0.387 e. The zero-order chi connectivity index (χ0) is 9.47. The summed E-state index contributed by atoms with van der Waals surface area (Å²) >= 11 is 0. The predicted molar refractivity (Wildman–Crippen MR) is 45.0 cm³/mol. The lowest BCUT2D eigenvalue weighted by Gasteiger charge is -2.32. The van der Waals surface area contributed by atoms with E-state index in [2.05, 4.69) is 0 Å². The summed E-state index contributed by atoms with van der Waals surface area (Å²) in [5.41, 5.74) is -0.950. The van der Waals surface area contributed by atoms with Gasteiger partial charge in [0.15, 0.2) is 6.29 Å². The number of methoxy groups -OCH3 is 1. The highest BCUT2D eigenvalue weighted by Gasteiger charge is 2.51. The minimum Gasteiger partial charge on any atom is -0.387 e. The van der Waals surface area contributed by atoms with Gasteiger partial charge in [0.25, 0.3) is 0 Å². The molecule has 4 unspecified atom stereocenters. The van der Waals surface area contributed by atoms with E-state index in [1.165, 1.54) is 7.11 Å². The molecule has 13 heavy (non-hydrogen) atoms. The van der Waals surface area contributed by atoms with E-state index in [9.17, 15) is 10.2 Å². The lowest BCUT2D eigenvalue weighted by atomic mass is 9.84. The standard InChI is InChI=1S/C9H14O4/c1-12-7-5-9(11)4-2-3-6(10)8(9)13-7/h2-3,6-8,10-11H,4-5H2,1H3. The molecule has 1 aliphatic carbocycles. The molecule has 1 saturated heterocycles. The Morgan fingerprint density at radius 2 is 2.38 bits per heavy atom. The third kappa shape index (κ3) is 1.40. The van der Waals surface area contributed by atoms with E-state index < -0.39 is 24.1 Å². The van der Waals surface area contributed by atoms with Gasteiger partial charge in [-0.05, 0) is 6.42 Å². The molecule has 1 fully saturated rings. The summed E-state index contributed by atoms with van der Waals surface area (Å²) in [6.45, 7) is 0. The van der Waals surface area contributed by atoms with Crippen molar-refractivity contribution < 1.29 is 19.7 Å². The number of hydrogen-bond donors (Lipinski definition) is 2. The molecule has 4 heteroatoms. The van der Waals surface area contributed by atoms with E-state index in [4.69, 9.17) is 9.47 Å². The van der Waals surface area contributed by atoms with Crippen molar-refractivity contribution in [1.29, 1.82) is 0 Å². The van der Waals surface area contributed by atoms with Crippen LogP contribution in [0, 0.1) is 0 Å². The molecule has 4 nitrogen and oxygen atoms in total. The Balaban J connectivity index is 2.17. The summed E-state index contributed by atoms with van der Waals surface area (Å²) in [5.74, 6) is 0.